The van der Waals surface area contributed by atoms with Crippen LogP contribution in [0.2, 0.25) is 0 Å². The zero-order valence-electron chi connectivity index (χ0n) is 16.2. The molecule has 0 atom stereocenters. The van der Waals surface area contributed by atoms with E-state index in [2.05, 4.69) is 38.0 Å². The van der Waals surface area contributed by atoms with Gasteiger partial charge in [0.2, 0.25) is 5.91 Å². The van der Waals surface area contributed by atoms with Crippen LogP contribution in [0.5, 0.6) is 0 Å². The molecule has 0 bridgehead atoms. The average molecular weight is 358 g/mol. The largest absolute Gasteiger partial charge is 0.357 e. The van der Waals surface area contributed by atoms with E-state index in [1.807, 2.05) is 44.0 Å². The Morgan fingerprint density at radius 2 is 2.00 bits per heavy atom. The van der Waals surface area contributed by atoms with Crippen LogP contribution in [0.15, 0.2) is 29.4 Å². The van der Waals surface area contributed by atoms with E-state index in [0.717, 1.165) is 36.7 Å². The molecule has 0 radical (unpaired) electrons. The second-order valence-corrected chi connectivity index (χ2v) is 6.07. The van der Waals surface area contributed by atoms with Crippen molar-refractivity contribution in [2.45, 2.75) is 40.7 Å². The molecule has 0 unspecified atom stereocenters. The highest BCUT2D eigenvalue weighted by atomic mass is 16.2. The minimum atomic E-state index is 0.161. The summed E-state index contributed by atoms with van der Waals surface area (Å²) in [6, 6.07) is 6.05. The number of guanidine groups is 1. The molecule has 0 spiro atoms. The summed E-state index contributed by atoms with van der Waals surface area (Å²) in [6.45, 7) is 11.4. The highest BCUT2D eigenvalue weighted by Crippen LogP contribution is 2.09. The van der Waals surface area contributed by atoms with Gasteiger partial charge in [-0.3, -0.25) is 4.79 Å². The maximum Gasteiger partial charge on any atom is 0.224 e. The lowest BCUT2D eigenvalue weighted by Crippen LogP contribution is -2.40. The number of aromatic nitrogens is 2. The van der Waals surface area contributed by atoms with E-state index < -0.39 is 0 Å². The van der Waals surface area contributed by atoms with Gasteiger partial charge in [0.1, 0.15) is 5.65 Å². The second-order valence-electron chi connectivity index (χ2n) is 6.07. The number of nitrogens with one attached hydrogen (secondary N) is 2. The predicted molar refractivity (Wildman–Crippen MR) is 105 cm³/mol. The van der Waals surface area contributed by atoms with E-state index in [9.17, 15) is 4.79 Å². The first-order chi connectivity index (χ1) is 12.6. The summed E-state index contributed by atoms with van der Waals surface area (Å²) in [5.74, 6) is 0.864. The second kappa shape index (κ2) is 9.79. The predicted octanol–water partition coefficient (Wildman–Crippen LogP) is 1.96. The molecule has 2 N–H and O–H groups in total. The number of fused-ring (bicyclic) bond motifs is 1. The Hall–Kier alpha value is -2.57. The molecular formula is C19H30N6O. The van der Waals surface area contributed by atoms with Crippen LogP contribution >= 0.6 is 0 Å². The molecular weight excluding hydrogens is 328 g/mol. The van der Waals surface area contributed by atoms with Gasteiger partial charge in [-0.15, -0.1) is 0 Å². The van der Waals surface area contributed by atoms with E-state index in [0.29, 0.717) is 25.5 Å². The van der Waals surface area contributed by atoms with E-state index >= 15 is 0 Å². The van der Waals surface area contributed by atoms with Gasteiger partial charge in [-0.2, -0.15) is 0 Å². The molecule has 0 saturated heterocycles. The molecule has 2 aromatic rings. The molecule has 0 saturated carbocycles. The van der Waals surface area contributed by atoms with Crippen LogP contribution in [-0.4, -0.2) is 52.3 Å². The number of carbonyl (C=O) groups excluding carboxylic acids is 1. The van der Waals surface area contributed by atoms with Crippen LogP contribution in [0, 0.1) is 6.92 Å². The zero-order valence-corrected chi connectivity index (χ0v) is 16.2. The molecule has 2 aromatic heterocycles. The first kappa shape index (κ1) is 19.8. The minimum absolute atomic E-state index is 0.161. The lowest BCUT2D eigenvalue weighted by Gasteiger charge is -2.19. The van der Waals surface area contributed by atoms with Crippen LogP contribution in [0.25, 0.3) is 5.65 Å². The number of pyridine rings is 1. The molecule has 2 heterocycles. The molecule has 0 aliphatic carbocycles. The summed E-state index contributed by atoms with van der Waals surface area (Å²) in [6.07, 6.45) is 2.47. The molecule has 1 amide bonds. The first-order valence-electron chi connectivity index (χ1n) is 9.32. The van der Waals surface area contributed by atoms with Crippen molar-refractivity contribution in [1.29, 1.82) is 0 Å². The Labute approximate surface area is 155 Å². The highest BCUT2D eigenvalue weighted by Gasteiger charge is 2.09. The molecule has 0 fully saturated rings. The number of amides is 1. The maximum absolute atomic E-state index is 12.1. The van der Waals surface area contributed by atoms with Crippen LogP contribution < -0.4 is 10.6 Å². The number of aryl methyl sites for hydroxylation is 1. The van der Waals surface area contributed by atoms with Gasteiger partial charge in [0.25, 0.3) is 0 Å². The normalized spacial score (nSPS) is 11.6. The van der Waals surface area contributed by atoms with Crippen molar-refractivity contribution in [3.63, 3.8) is 0 Å². The fourth-order valence-electron chi connectivity index (χ4n) is 2.80. The molecule has 26 heavy (non-hydrogen) atoms. The van der Waals surface area contributed by atoms with Crippen LogP contribution in [0.4, 0.5) is 0 Å². The molecule has 142 valence electrons. The summed E-state index contributed by atoms with van der Waals surface area (Å²) in [5.41, 5.74) is 2.99. The molecule has 0 aliphatic rings. The average Bonchev–Trinajstić information content (AvgIpc) is 3.05. The van der Waals surface area contributed by atoms with Crippen molar-refractivity contribution in [3.05, 3.63) is 35.8 Å². The number of aliphatic imine (C=N–C) groups is 1. The van der Waals surface area contributed by atoms with E-state index in [1.165, 1.54) is 0 Å². The Morgan fingerprint density at radius 1 is 1.23 bits per heavy atom. The third-order valence-corrected chi connectivity index (χ3v) is 4.24. The number of imidazole rings is 1. The summed E-state index contributed by atoms with van der Waals surface area (Å²) in [4.78, 5) is 23.1. The van der Waals surface area contributed by atoms with Crippen molar-refractivity contribution >= 4 is 17.5 Å². The Bertz CT molecular complexity index is 748. The van der Waals surface area contributed by atoms with Crippen LogP contribution in [0.3, 0.4) is 0 Å². The maximum atomic E-state index is 12.1. The third-order valence-electron chi connectivity index (χ3n) is 4.24. The van der Waals surface area contributed by atoms with Crippen LogP contribution in [-0.2, 0) is 11.3 Å². The number of hydrogen-bond donors (Lipinski definition) is 2. The van der Waals surface area contributed by atoms with Crippen molar-refractivity contribution in [1.82, 2.24) is 24.9 Å². The third kappa shape index (κ3) is 5.21. The van der Waals surface area contributed by atoms with Gasteiger partial charge in [0.05, 0.1) is 12.2 Å². The number of rotatable bonds is 8. The zero-order chi connectivity index (χ0) is 18.9. The van der Waals surface area contributed by atoms with Gasteiger partial charge in [-0.25, -0.2) is 9.98 Å². The van der Waals surface area contributed by atoms with Gasteiger partial charge in [-0.1, -0.05) is 6.07 Å². The standard InChI is InChI=1S/C19H30N6O/c1-5-20-19(21-12-11-18(26)24(6-2)7-3)22-13-16-14-25-15(4)9-8-10-17(25)23-16/h8-10,14H,5-7,11-13H2,1-4H3,(H2,20,21,22). The highest BCUT2D eigenvalue weighted by molar-refractivity contribution is 5.81. The lowest BCUT2D eigenvalue weighted by atomic mass is 10.3. The lowest BCUT2D eigenvalue weighted by molar-refractivity contribution is -0.130. The quantitative estimate of drug-likeness (QED) is 0.559. The Morgan fingerprint density at radius 3 is 2.65 bits per heavy atom. The van der Waals surface area contributed by atoms with Gasteiger partial charge in [0, 0.05) is 44.5 Å². The Balaban J connectivity index is 1.95. The SMILES string of the molecule is CCNC(=NCc1cn2c(C)cccc2n1)NCCC(=O)N(CC)CC. The molecule has 0 aliphatic heterocycles. The summed E-state index contributed by atoms with van der Waals surface area (Å²) in [5, 5.41) is 6.44. The van der Waals surface area contributed by atoms with E-state index in [4.69, 9.17) is 0 Å². The van der Waals surface area contributed by atoms with Gasteiger partial charge in [0.15, 0.2) is 5.96 Å². The minimum Gasteiger partial charge on any atom is -0.357 e. The van der Waals surface area contributed by atoms with Gasteiger partial charge < -0.3 is 19.9 Å². The smallest absolute Gasteiger partial charge is 0.224 e. The Kier molecular flexibility index (Phi) is 7.44. The van der Waals surface area contributed by atoms with E-state index in [-0.39, 0.29) is 5.91 Å². The van der Waals surface area contributed by atoms with E-state index in [1.54, 1.807) is 0 Å². The van der Waals surface area contributed by atoms with Crippen molar-refractivity contribution in [2.75, 3.05) is 26.2 Å². The number of nitrogens with zero attached hydrogens (tertiary/aromatic N) is 4. The van der Waals surface area contributed by atoms with Crippen molar-refractivity contribution < 1.29 is 4.79 Å². The summed E-state index contributed by atoms with van der Waals surface area (Å²) in [7, 11) is 0. The van der Waals surface area contributed by atoms with Crippen LogP contribution in [0.1, 0.15) is 38.6 Å². The summed E-state index contributed by atoms with van der Waals surface area (Å²) < 4.78 is 2.06. The van der Waals surface area contributed by atoms with Gasteiger partial charge in [-0.05, 0) is 39.8 Å². The van der Waals surface area contributed by atoms with Gasteiger partial charge >= 0.3 is 0 Å². The fourth-order valence-corrected chi connectivity index (χ4v) is 2.80. The summed E-state index contributed by atoms with van der Waals surface area (Å²) >= 11 is 0. The first-order valence-corrected chi connectivity index (χ1v) is 9.32. The number of hydrogen-bond acceptors (Lipinski definition) is 3. The monoisotopic (exact) mass is 358 g/mol. The molecule has 7 nitrogen and oxygen atoms in total. The number of carbonyl (C=O) groups is 1. The van der Waals surface area contributed by atoms with Crippen molar-refractivity contribution in [2.24, 2.45) is 4.99 Å². The van der Waals surface area contributed by atoms with Crippen molar-refractivity contribution in [3.8, 4) is 0 Å². The molecule has 2 rings (SSSR count). The topological polar surface area (TPSA) is 74.0 Å². The molecule has 7 heteroatoms. The fraction of sp³-hybridized carbons (Fsp3) is 0.526. The molecule has 0 aromatic carbocycles.